The normalized spacial score (nSPS) is 20.5. The van der Waals surface area contributed by atoms with Gasteiger partial charge in [0.1, 0.15) is 10.7 Å². The molecule has 0 spiro atoms. The van der Waals surface area contributed by atoms with Crippen molar-refractivity contribution in [2.45, 2.75) is 18.9 Å². The summed E-state index contributed by atoms with van der Waals surface area (Å²) in [7, 11) is -0.783. The number of hydrogen-bond donors (Lipinski definition) is 2. The zero-order chi connectivity index (χ0) is 13.4. The summed E-state index contributed by atoms with van der Waals surface area (Å²) in [5.74, 6) is 1.32. The van der Waals surface area contributed by atoms with Crippen molar-refractivity contribution in [2.75, 3.05) is 35.6 Å². The summed E-state index contributed by atoms with van der Waals surface area (Å²) >= 11 is 1.32. The number of nitrogens with one attached hydrogen (secondary N) is 1. The lowest BCUT2D eigenvalue weighted by atomic mass is 10.4. The highest BCUT2D eigenvalue weighted by Gasteiger charge is 2.27. The fourth-order valence-electron chi connectivity index (χ4n) is 1.93. The highest BCUT2D eigenvalue weighted by molar-refractivity contribution is 7.85. The van der Waals surface area contributed by atoms with Gasteiger partial charge in [0.25, 0.3) is 5.91 Å². The predicted octanol–water partition coefficient (Wildman–Crippen LogP) is 0.504. The van der Waals surface area contributed by atoms with Crippen LogP contribution in [0.3, 0.4) is 0 Å². The molecule has 2 aliphatic rings. The molecule has 1 aliphatic carbocycles. The first kappa shape index (κ1) is 12.9. The monoisotopic (exact) mass is 300 g/mol. The summed E-state index contributed by atoms with van der Waals surface area (Å²) in [5, 5.41) is 3.98. The molecule has 0 bridgehead atoms. The molecule has 0 aromatic carbocycles. The second-order valence-electron chi connectivity index (χ2n) is 4.79. The van der Waals surface area contributed by atoms with Crippen LogP contribution in [0, 0.1) is 0 Å². The number of anilines is 2. The van der Waals surface area contributed by atoms with Crippen molar-refractivity contribution in [1.29, 1.82) is 0 Å². The second-order valence-corrected chi connectivity index (χ2v) is 7.49. The van der Waals surface area contributed by atoms with Crippen LogP contribution >= 0.6 is 11.3 Å². The van der Waals surface area contributed by atoms with Gasteiger partial charge < -0.3 is 16.0 Å². The highest BCUT2D eigenvalue weighted by atomic mass is 32.2. The van der Waals surface area contributed by atoms with Gasteiger partial charge >= 0.3 is 0 Å². The maximum absolute atomic E-state index is 12.3. The molecule has 2 heterocycles. The smallest absolute Gasteiger partial charge is 0.267 e. The number of thiazole rings is 1. The van der Waals surface area contributed by atoms with E-state index >= 15 is 0 Å². The average molecular weight is 300 g/mol. The van der Waals surface area contributed by atoms with Crippen LogP contribution in [0.4, 0.5) is 10.9 Å². The highest BCUT2D eigenvalue weighted by Crippen LogP contribution is 2.31. The first-order valence-electron chi connectivity index (χ1n) is 6.30. The molecule has 3 rings (SSSR count). The van der Waals surface area contributed by atoms with Crippen LogP contribution in [0.2, 0.25) is 0 Å². The molecule has 1 amide bonds. The molecule has 0 radical (unpaired) electrons. The molecule has 6 nitrogen and oxygen atoms in total. The Bertz CT molecular complexity index is 517. The van der Waals surface area contributed by atoms with E-state index in [1.54, 1.807) is 4.90 Å². The molecule has 8 heteroatoms. The van der Waals surface area contributed by atoms with Crippen LogP contribution < -0.4 is 11.1 Å². The number of carbonyl (C=O) groups is 1. The van der Waals surface area contributed by atoms with Gasteiger partial charge in [-0.15, -0.1) is 0 Å². The summed E-state index contributed by atoms with van der Waals surface area (Å²) in [6.45, 7) is 1.07. The zero-order valence-corrected chi connectivity index (χ0v) is 12.1. The van der Waals surface area contributed by atoms with Crippen LogP contribution in [-0.2, 0) is 10.8 Å². The second kappa shape index (κ2) is 5.09. The molecule has 3 N–H and O–H groups in total. The van der Waals surface area contributed by atoms with E-state index in [-0.39, 0.29) is 5.91 Å². The number of carbonyl (C=O) groups excluding carboxylic acids is 1. The summed E-state index contributed by atoms with van der Waals surface area (Å²) in [4.78, 5) is 18.7. The molecule has 0 unspecified atom stereocenters. The van der Waals surface area contributed by atoms with Crippen LogP contribution in [-0.4, -0.2) is 50.6 Å². The van der Waals surface area contributed by atoms with Gasteiger partial charge in [0.05, 0.1) is 0 Å². The molecule has 1 saturated carbocycles. The summed E-state index contributed by atoms with van der Waals surface area (Å²) in [6.07, 6.45) is 2.31. The van der Waals surface area contributed by atoms with E-state index in [1.807, 2.05) is 0 Å². The third-order valence-electron chi connectivity index (χ3n) is 3.22. The van der Waals surface area contributed by atoms with Gasteiger partial charge in [-0.25, -0.2) is 4.98 Å². The average Bonchev–Trinajstić information content (AvgIpc) is 3.12. The summed E-state index contributed by atoms with van der Waals surface area (Å²) in [5.41, 5.74) is 5.82. The number of aromatic nitrogens is 1. The molecule has 1 aliphatic heterocycles. The molecule has 0 atom stereocenters. The van der Waals surface area contributed by atoms with Crippen molar-refractivity contribution in [1.82, 2.24) is 9.88 Å². The van der Waals surface area contributed by atoms with Crippen molar-refractivity contribution in [2.24, 2.45) is 0 Å². The maximum Gasteiger partial charge on any atom is 0.267 e. The Morgan fingerprint density at radius 2 is 2.11 bits per heavy atom. The van der Waals surface area contributed by atoms with E-state index in [2.05, 4.69) is 10.3 Å². The van der Waals surface area contributed by atoms with E-state index in [4.69, 9.17) is 5.73 Å². The lowest BCUT2D eigenvalue weighted by Crippen LogP contribution is -2.41. The van der Waals surface area contributed by atoms with Gasteiger partial charge in [-0.2, -0.15) is 0 Å². The van der Waals surface area contributed by atoms with Crippen LogP contribution in [0.25, 0.3) is 0 Å². The Labute approximate surface area is 117 Å². The van der Waals surface area contributed by atoms with Crippen LogP contribution in [0.15, 0.2) is 0 Å². The van der Waals surface area contributed by atoms with Crippen molar-refractivity contribution in [3.05, 3.63) is 4.88 Å². The number of nitrogens with zero attached hydrogens (tertiary/aromatic N) is 2. The quantitative estimate of drug-likeness (QED) is 0.849. The molecular weight excluding hydrogens is 284 g/mol. The Balaban J connectivity index is 1.71. The molecule has 1 aromatic heterocycles. The minimum absolute atomic E-state index is 0.0875. The first-order valence-corrected chi connectivity index (χ1v) is 8.61. The Morgan fingerprint density at radius 1 is 1.42 bits per heavy atom. The van der Waals surface area contributed by atoms with Crippen molar-refractivity contribution in [3.8, 4) is 0 Å². The first-order chi connectivity index (χ1) is 9.13. The zero-order valence-electron chi connectivity index (χ0n) is 10.4. The predicted molar refractivity (Wildman–Crippen MR) is 77.0 cm³/mol. The SMILES string of the molecule is Nc1nc(NC2CC2)sc1C(=O)N1CCS(=O)CC1. The van der Waals surface area contributed by atoms with Gasteiger partial charge in [0, 0.05) is 41.4 Å². The largest absolute Gasteiger partial charge is 0.382 e. The van der Waals surface area contributed by atoms with E-state index in [0.717, 1.165) is 18.0 Å². The van der Waals surface area contributed by atoms with Crippen molar-refractivity contribution in [3.63, 3.8) is 0 Å². The molecule has 19 heavy (non-hydrogen) atoms. The fourth-order valence-corrected chi connectivity index (χ4v) is 3.92. The number of rotatable bonds is 3. The number of amides is 1. The van der Waals surface area contributed by atoms with Gasteiger partial charge in [0.15, 0.2) is 5.13 Å². The summed E-state index contributed by atoms with van der Waals surface area (Å²) < 4.78 is 11.3. The van der Waals surface area contributed by atoms with E-state index in [0.29, 0.717) is 41.3 Å². The molecule has 104 valence electrons. The molecule has 1 saturated heterocycles. The van der Waals surface area contributed by atoms with Crippen molar-refractivity contribution >= 4 is 39.0 Å². The van der Waals surface area contributed by atoms with Gasteiger partial charge in [-0.1, -0.05) is 11.3 Å². The standard InChI is InChI=1S/C11H16N4O2S2/c12-9-8(18-11(14-9)13-7-1-2-7)10(16)15-3-5-19(17)6-4-15/h7H,1-6,12H2,(H,13,14). The van der Waals surface area contributed by atoms with E-state index < -0.39 is 10.8 Å². The topological polar surface area (TPSA) is 88.3 Å². The minimum atomic E-state index is -0.783. The lowest BCUT2D eigenvalue weighted by Gasteiger charge is -2.25. The summed E-state index contributed by atoms with van der Waals surface area (Å²) in [6, 6.07) is 0.492. The van der Waals surface area contributed by atoms with Gasteiger partial charge in [-0.05, 0) is 12.8 Å². The Morgan fingerprint density at radius 3 is 2.74 bits per heavy atom. The van der Waals surface area contributed by atoms with E-state index in [1.165, 1.54) is 11.3 Å². The lowest BCUT2D eigenvalue weighted by molar-refractivity contribution is 0.0777. The Kier molecular flexibility index (Phi) is 3.44. The van der Waals surface area contributed by atoms with Crippen LogP contribution in [0.5, 0.6) is 0 Å². The van der Waals surface area contributed by atoms with Gasteiger partial charge in [-0.3, -0.25) is 9.00 Å². The fraction of sp³-hybridized carbons (Fsp3) is 0.636. The minimum Gasteiger partial charge on any atom is -0.382 e. The third kappa shape index (κ3) is 2.89. The Hall–Kier alpha value is -1.15. The molecular formula is C11H16N4O2S2. The maximum atomic E-state index is 12.3. The van der Waals surface area contributed by atoms with Gasteiger partial charge in [0.2, 0.25) is 0 Å². The van der Waals surface area contributed by atoms with Crippen molar-refractivity contribution < 1.29 is 9.00 Å². The third-order valence-corrected chi connectivity index (χ3v) is 5.48. The number of nitrogens with two attached hydrogens (primary N) is 1. The van der Waals surface area contributed by atoms with Crippen LogP contribution in [0.1, 0.15) is 22.5 Å². The van der Waals surface area contributed by atoms with E-state index in [9.17, 15) is 9.00 Å². The molecule has 2 fully saturated rings. The number of nitrogen functional groups attached to an aromatic ring is 1. The molecule has 1 aromatic rings. The number of hydrogen-bond acceptors (Lipinski definition) is 6.